The normalized spacial score (nSPS) is 12.0. The molecule has 2 aromatic carbocycles. The van der Waals surface area contributed by atoms with Gasteiger partial charge in [-0.05, 0) is 38.5 Å². The first-order valence-electron chi connectivity index (χ1n) is 8.62. The summed E-state index contributed by atoms with van der Waals surface area (Å²) in [6.45, 7) is 5.80. The fourth-order valence-electron chi connectivity index (χ4n) is 2.92. The highest BCUT2D eigenvalue weighted by molar-refractivity contribution is 5.81. The monoisotopic (exact) mass is 362 g/mol. The van der Waals surface area contributed by atoms with Crippen molar-refractivity contribution in [3.05, 3.63) is 53.6 Å². The van der Waals surface area contributed by atoms with Gasteiger partial charge in [0.05, 0.1) is 16.6 Å². The van der Waals surface area contributed by atoms with Crippen molar-refractivity contribution < 1.29 is 17.9 Å². The molecule has 0 bridgehead atoms. The lowest BCUT2D eigenvalue weighted by Gasteiger charge is -2.10. The number of aromatic nitrogens is 2. The Morgan fingerprint density at radius 1 is 1.08 bits per heavy atom. The average Bonchev–Trinajstić information content (AvgIpc) is 2.96. The SMILES string of the molecule is CCOCCCn1c(-c2ccc(C)cc2)nc2cc(C(F)(F)F)ccc21. The van der Waals surface area contributed by atoms with Gasteiger partial charge in [-0.25, -0.2) is 4.98 Å². The van der Waals surface area contributed by atoms with E-state index in [1.54, 1.807) is 0 Å². The maximum Gasteiger partial charge on any atom is 0.416 e. The van der Waals surface area contributed by atoms with E-state index in [0.717, 1.165) is 29.7 Å². The van der Waals surface area contributed by atoms with E-state index in [4.69, 9.17) is 4.74 Å². The number of ether oxygens (including phenoxy) is 1. The smallest absolute Gasteiger partial charge is 0.382 e. The number of hydrogen-bond acceptors (Lipinski definition) is 2. The number of nitrogens with zero attached hydrogens (tertiary/aromatic N) is 2. The Labute approximate surface area is 150 Å². The lowest BCUT2D eigenvalue weighted by atomic mass is 10.1. The van der Waals surface area contributed by atoms with Crippen molar-refractivity contribution in [1.82, 2.24) is 9.55 Å². The van der Waals surface area contributed by atoms with Gasteiger partial charge in [0.25, 0.3) is 0 Å². The predicted molar refractivity (Wildman–Crippen MR) is 96.0 cm³/mol. The molecule has 0 atom stereocenters. The summed E-state index contributed by atoms with van der Waals surface area (Å²) in [7, 11) is 0. The highest BCUT2D eigenvalue weighted by Gasteiger charge is 2.31. The van der Waals surface area contributed by atoms with Crippen LogP contribution in [0.4, 0.5) is 13.2 Å². The quantitative estimate of drug-likeness (QED) is 0.545. The van der Waals surface area contributed by atoms with Gasteiger partial charge in [0, 0.05) is 25.3 Å². The lowest BCUT2D eigenvalue weighted by Crippen LogP contribution is -2.06. The van der Waals surface area contributed by atoms with Crippen LogP contribution in [-0.4, -0.2) is 22.8 Å². The van der Waals surface area contributed by atoms with Gasteiger partial charge in [-0.1, -0.05) is 29.8 Å². The number of imidazole rings is 1. The molecular formula is C20H21F3N2O. The van der Waals surface area contributed by atoms with Gasteiger partial charge >= 0.3 is 6.18 Å². The van der Waals surface area contributed by atoms with Gasteiger partial charge in [-0.15, -0.1) is 0 Å². The molecule has 1 aromatic heterocycles. The maximum absolute atomic E-state index is 13.0. The summed E-state index contributed by atoms with van der Waals surface area (Å²) in [5.74, 6) is 0.677. The largest absolute Gasteiger partial charge is 0.416 e. The zero-order valence-electron chi connectivity index (χ0n) is 14.8. The second-order valence-corrected chi connectivity index (χ2v) is 6.20. The zero-order chi connectivity index (χ0) is 18.7. The highest BCUT2D eigenvalue weighted by Crippen LogP contribution is 2.33. The van der Waals surface area contributed by atoms with Crippen LogP contribution in [-0.2, 0) is 17.5 Å². The van der Waals surface area contributed by atoms with Crippen LogP contribution in [0.5, 0.6) is 0 Å². The molecule has 0 unspecified atom stereocenters. The molecule has 3 rings (SSSR count). The van der Waals surface area contributed by atoms with E-state index < -0.39 is 11.7 Å². The third kappa shape index (κ3) is 3.90. The van der Waals surface area contributed by atoms with Crippen LogP contribution < -0.4 is 0 Å². The molecule has 3 nitrogen and oxygen atoms in total. The molecule has 0 N–H and O–H groups in total. The van der Waals surface area contributed by atoms with Crippen LogP contribution in [0.25, 0.3) is 22.4 Å². The average molecular weight is 362 g/mol. The Morgan fingerprint density at radius 2 is 1.81 bits per heavy atom. The number of halogens is 3. The molecule has 6 heteroatoms. The van der Waals surface area contributed by atoms with E-state index >= 15 is 0 Å². The van der Waals surface area contributed by atoms with E-state index in [2.05, 4.69) is 4.98 Å². The molecular weight excluding hydrogens is 341 g/mol. The summed E-state index contributed by atoms with van der Waals surface area (Å²) in [5, 5.41) is 0. The standard InChI is InChI=1S/C20H21F3N2O/c1-3-26-12-4-11-25-18-10-9-16(20(21,22)23)13-17(18)24-19(25)15-7-5-14(2)6-8-15/h5-10,13H,3-4,11-12H2,1-2H3. The number of alkyl halides is 3. The van der Waals surface area contributed by atoms with Crippen molar-refractivity contribution >= 4 is 11.0 Å². The zero-order valence-corrected chi connectivity index (χ0v) is 14.8. The molecule has 0 aliphatic rings. The third-order valence-corrected chi connectivity index (χ3v) is 4.26. The van der Waals surface area contributed by atoms with E-state index in [0.29, 0.717) is 36.6 Å². The summed E-state index contributed by atoms with van der Waals surface area (Å²) in [5.41, 5.74) is 2.38. The fourth-order valence-corrected chi connectivity index (χ4v) is 2.92. The minimum Gasteiger partial charge on any atom is -0.382 e. The predicted octanol–water partition coefficient (Wildman–Crippen LogP) is 5.46. The van der Waals surface area contributed by atoms with Crippen molar-refractivity contribution in [2.45, 2.75) is 33.0 Å². The molecule has 0 saturated carbocycles. The lowest BCUT2D eigenvalue weighted by molar-refractivity contribution is -0.137. The molecule has 26 heavy (non-hydrogen) atoms. The molecule has 0 fully saturated rings. The molecule has 0 aliphatic heterocycles. The number of hydrogen-bond donors (Lipinski definition) is 0. The Bertz CT molecular complexity index is 882. The maximum atomic E-state index is 13.0. The minimum atomic E-state index is -4.38. The fraction of sp³-hybridized carbons (Fsp3) is 0.350. The molecule has 3 aromatic rings. The Balaban J connectivity index is 2.06. The third-order valence-electron chi connectivity index (χ3n) is 4.26. The second-order valence-electron chi connectivity index (χ2n) is 6.20. The van der Waals surface area contributed by atoms with Gasteiger partial charge in [0.15, 0.2) is 0 Å². The van der Waals surface area contributed by atoms with Gasteiger partial charge in [0.1, 0.15) is 5.82 Å². The van der Waals surface area contributed by atoms with Crippen LogP contribution in [0.2, 0.25) is 0 Å². The Morgan fingerprint density at radius 3 is 2.46 bits per heavy atom. The van der Waals surface area contributed by atoms with Crippen LogP contribution >= 0.6 is 0 Å². The van der Waals surface area contributed by atoms with Crippen molar-refractivity contribution in [2.75, 3.05) is 13.2 Å². The summed E-state index contributed by atoms with van der Waals surface area (Å²) >= 11 is 0. The number of benzene rings is 2. The van der Waals surface area contributed by atoms with Gasteiger partial charge in [-0.2, -0.15) is 13.2 Å². The molecule has 0 radical (unpaired) electrons. The molecule has 0 spiro atoms. The summed E-state index contributed by atoms with van der Waals surface area (Å²) < 4.78 is 46.4. The topological polar surface area (TPSA) is 27.1 Å². The number of rotatable bonds is 6. The van der Waals surface area contributed by atoms with E-state index in [-0.39, 0.29) is 0 Å². The van der Waals surface area contributed by atoms with E-state index in [1.807, 2.05) is 42.7 Å². The number of fused-ring (bicyclic) bond motifs is 1. The van der Waals surface area contributed by atoms with Gasteiger partial charge in [0.2, 0.25) is 0 Å². The molecule has 0 aliphatic carbocycles. The molecule has 138 valence electrons. The molecule has 1 heterocycles. The highest BCUT2D eigenvalue weighted by atomic mass is 19.4. The van der Waals surface area contributed by atoms with Crippen molar-refractivity contribution in [2.24, 2.45) is 0 Å². The second kappa shape index (κ2) is 7.50. The number of aryl methyl sites for hydroxylation is 2. The van der Waals surface area contributed by atoms with Crippen LogP contribution in [0.15, 0.2) is 42.5 Å². The first-order valence-corrected chi connectivity index (χ1v) is 8.62. The van der Waals surface area contributed by atoms with E-state index in [9.17, 15) is 13.2 Å². The van der Waals surface area contributed by atoms with Crippen molar-refractivity contribution in [1.29, 1.82) is 0 Å². The van der Waals surface area contributed by atoms with Gasteiger partial charge in [-0.3, -0.25) is 0 Å². The van der Waals surface area contributed by atoms with Crippen LogP contribution in [0.1, 0.15) is 24.5 Å². The molecule has 0 saturated heterocycles. The van der Waals surface area contributed by atoms with E-state index in [1.165, 1.54) is 6.07 Å². The van der Waals surface area contributed by atoms with Crippen LogP contribution in [0.3, 0.4) is 0 Å². The Kier molecular flexibility index (Phi) is 5.32. The van der Waals surface area contributed by atoms with Crippen molar-refractivity contribution in [3.8, 4) is 11.4 Å². The summed E-state index contributed by atoms with van der Waals surface area (Å²) in [6, 6.07) is 11.6. The minimum absolute atomic E-state index is 0.354. The van der Waals surface area contributed by atoms with Crippen molar-refractivity contribution in [3.63, 3.8) is 0 Å². The first kappa shape index (κ1) is 18.5. The van der Waals surface area contributed by atoms with Crippen LogP contribution in [0, 0.1) is 6.92 Å². The molecule has 0 amide bonds. The Hall–Kier alpha value is -2.34. The first-order chi connectivity index (χ1) is 12.4. The van der Waals surface area contributed by atoms with Gasteiger partial charge < -0.3 is 9.30 Å². The summed E-state index contributed by atoms with van der Waals surface area (Å²) in [4.78, 5) is 4.51. The summed E-state index contributed by atoms with van der Waals surface area (Å²) in [6.07, 6.45) is -3.61.